The predicted octanol–water partition coefficient (Wildman–Crippen LogP) is 3.13. The molecule has 0 bridgehead atoms. The Balaban J connectivity index is 2.20. The maximum Gasteiger partial charge on any atom is 0.241 e. The van der Waals surface area contributed by atoms with E-state index in [1.54, 1.807) is 12.1 Å². The third-order valence-electron chi connectivity index (χ3n) is 4.59. The Labute approximate surface area is 128 Å². The van der Waals surface area contributed by atoms with Crippen LogP contribution in [0.25, 0.3) is 0 Å². The van der Waals surface area contributed by atoms with Gasteiger partial charge in [0, 0.05) is 11.7 Å². The Morgan fingerprint density at radius 3 is 2.33 bits per heavy atom. The molecule has 3 N–H and O–H groups in total. The van der Waals surface area contributed by atoms with Crippen LogP contribution in [0.1, 0.15) is 50.7 Å². The first-order valence-corrected chi connectivity index (χ1v) is 8.98. The number of nitrogens with two attached hydrogens (primary N) is 1. The van der Waals surface area contributed by atoms with E-state index in [1.807, 2.05) is 13.8 Å². The van der Waals surface area contributed by atoms with Crippen molar-refractivity contribution in [2.24, 2.45) is 5.41 Å². The van der Waals surface area contributed by atoms with Gasteiger partial charge in [0.1, 0.15) is 0 Å². The molecule has 0 amide bonds. The zero-order valence-corrected chi connectivity index (χ0v) is 14.2. The normalized spacial score (nSPS) is 19.6. The highest BCUT2D eigenvalue weighted by molar-refractivity contribution is 7.89. The average molecular weight is 310 g/mol. The van der Waals surface area contributed by atoms with Crippen LogP contribution in [-0.2, 0) is 10.0 Å². The molecule has 2 rings (SSSR count). The van der Waals surface area contributed by atoms with E-state index in [9.17, 15) is 8.42 Å². The quantitative estimate of drug-likeness (QED) is 0.842. The summed E-state index contributed by atoms with van der Waals surface area (Å²) in [6, 6.07) is 3.39. The lowest BCUT2D eigenvalue weighted by Crippen LogP contribution is -2.39. The lowest BCUT2D eigenvalue weighted by Gasteiger charge is -2.34. The van der Waals surface area contributed by atoms with Gasteiger partial charge in [0.25, 0.3) is 0 Å². The smallest absolute Gasteiger partial charge is 0.241 e. The standard InChI is InChI=1S/C16H26N2O2S/c1-11-9-13(17)10-15(12(11)2)21(19,20)18-14-5-7-16(3,4)8-6-14/h9-10,14,18H,5-8,17H2,1-4H3. The second kappa shape index (κ2) is 5.61. The molecule has 1 aromatic rings. The molecule has 118 valence electrons. The fourth-order valence-electron chi connectivity index (χ4n) is 2.93. The lowest BCUT2D eigenvalue weighted by molar-refractivity contribution is 0.218. The van der Waals surface area contributed by atoms with E-state index in [4.69, 9.17) is 5.73 Å². The van der Waals surface area contributed by atoms with E-state index in [1.165, 1.54) is 0 Å². The molecule has 0 atom stereocenters. The molecule has 5 heteroatoms. The zero-order chi connectivity index (χ0) is 15.8. The number of hydrogen-bond acceptors (Lipinski definition) is 3. The molecule has 1 aliphatic carbocycles. The van der Waals surface area contributed by atoms with Crippen LogP contribution in [0.5, 0.6) is 0 Å². The van der Waals surface area contributed by atoms with E-state index in [0.29, 0.717) is 16.0 Å². The Bertz CT molecular complexity index is 626. The summed E-state index contributed by atoms with van der Waals surface area (Å²) in [5.74, 6) is 0. The molecule has 0 heterocycles. The Morgan fingerprint density at radius 1 is 1.19 bits per heavy atom. The Hall–Kier alpha value is -1.07. The average Bonchev–Trinajstić information content (AvgIpc) is 2.36. The number of sulfonamides is 1. The summed E-state index contributed by atoms with van der Waals surface area (Å²) in [6.45, 7) is 8.19. The van der Waals surface area contributed by atoms with Crippen molar-refractivity contribution < 1.29 is 8.42 Å². The topological polar surface area (TPSA) is 72.2 Å². The molecule has 0 unspecified atom stereocenters. The van der Waals surface area contributed by atoms with E-state index in [-0.39, 0.29) is 6.04 Å². The highest BCUT2D eigenvalue weighted by Gasteiger charge is 2.30. The van der Waals surface area contributed by atoms with Crippen LogP contribution in [0.15, 0.2) is 17.0 Å². The minimum absolute atomic E-state index is 0.0316. The van der Waals surface area contributed by atoms with Gasteiger partial charge in [-0.2, -0.15) is 0 Å². The SMILES string of the molecule is Cc1cc(N)cc(S(=O)(=O)NC2CCC(C)(C)CC2)c1C. The molecule has 0 spiro atoms. The van der Waals surface area contributed by atoms with Gasteiger partial charge in [-0.1, -0.05) is 13.8 Å². The van der Waals surface area contributed by atoms with Gasteiger partial charge in [-0.15, -0.1) is 0 Å². The number of aryl methyl sites for hydroxylation is 1. The van der Waals surface area contributed by atoms with Crippen molar-refractivity contribution in [3.63, 3.8) is 0 Å². The maximum absolute atomic E-state index is 12.6. The van der Waals surface area contributed by atoms with Crippen molar-refractivity contribution in [3.05, 3.63) is 23.3 Å². The minimum Gasteiger partial charge on any atom is -0.399 e. The van der Waals surface area contributed by atoms with Gasteiger partial charge in [0.2, 0.25) is 10.0 Å². The fraction of sp³-hybridized carbons (Fsp3) is 0.625. The first-order chi connectivity index (χ1) is 9.61. The molecular formula is C16H26N2O2S. The number of benzene rings is 1. The van der Waals surface area contributed by atoms with Gasteiger partial charge in [-0.25, -0.2) is 13.1 Å². The van der Waals surface area contributed by atoms with Crippen LogP contribution < -0.4 is 10.5 Å². The van der Waals surface area contributed by atoms with Crippen molar-refractivity contribution in [3.8, 4) is 0 Å². The molecular weight excluding hydrogens is 284 g/mol. The number of nitrogens with one attached hydrogen (secondary N) is 1. The highest BCUT2D eigenvalue weighted by Crippen LogP contribution is 2.35. The van der Waals surface area contributed by atoms with Crippen molar-refractivity contribution in [1.82, 2.24) is 4.72 Å². The molecule has 1 saturated carbocycles. The monoisotopic (exact) mass is 310 g/mol. The van der Waals surface area contributed by atoms with Crippen molar-refractivity contribution in [2.45, 2.75) is 64.3 Å². The van der Waals surface area contributed by atoms with Crippen LogP contribution in [-0.4, -0.2) is 14.5 Å². The summed E-state index contributed by atoms with van der Waals surface area (Å²) in [7, 11) is -3.50. The van der Waals surface area contributed by atoms with Gasteiger partial charge in [0.15, 0.2) is 0 Å². The highest BCUT2D eigenvalue weighted by atomic mass is 32.2. The van der Waals surface area contributed by atoms with E-state index < -0.39 is 10.0 Å². The Morgan fingerprint density at radius 2 is 1.76 bits per heavy atom. The zero-order valence-electron chi connectivity index (χ0n) is 13.4. The van der Waals surface area contributed by atoms with E-state index in [0.717, 1.165) is 36.8 Å². The molecule has 1 aromatic carbocycles. The van der Waals surface area contributed by atoms with E-state index >= 15 is 0 Å². The number of rotatable bonds is 3. The van der Waals surface area contributed by atoms with Gasteiger partial charge in [0.05, 0.1) is 4.90 Å². The molecule has 0 aromatic heterocycles. The summed E-state index contributed by atoms with van der Waals surface area (Å²) in [5.41, 5.74) is 8.29. The largest absolute Gasteiger partial charge is 0.399 e. The summed E-state index contributed by atoms with van der Waals surface area (Å²) in [4.78, 5) is 0.310. The Kier molecular flexibility index (Phi) is 4.36. The molecule has 4 nitrogen and oxygen atoms in total. The number of anilines is 1. The summed E-state index contributed by atoms with van der Waals surface area (Å²) < 4.78 is 28.1. The molecule has 1 aliphatic rings. The van der Waals surface area contributed by atoms with Crippen LogP contribution in [0.3, 0.4) is 0 Å². The van der Waals surface area contributed by atoms with Gasteiger partial charge >= 0.3 is 0 Å². The predicted molar refractivity (Wildman–Crippen MR) is 86.7 cm³/mol. The van der Waals surface area contributed by atoms with Gasteiger partial charge in [-0.3, -0.25) is 0 Å². The second-order valence-electron chi connectivity index (χ2n) is 7.02. The van der Waals surface area contributed by atoms with Gasteiger partial charge in [-0.05, 0) is 68.2 Å². The molecule has 21 heavy (non-hydrogen) atoms. The van der Waals surface area contributed by atoms with Crippen molar-refractivity contribution >= 4 is 15.7 Å². The second-order valence-corrected chi connectivity index (χ2v) is 8.70. The molecule has 1 fully saturated rings. The number of nitrogen functional groups attached to an aromatic ring is 1. The van der Waals surface area contributed by atoms with Crippen LogP contribution in [0, 0.1) is 19.3 Å². The third kappa shape index (κ3) is 3.77. The summed E-state index contributed by atoms with van der Waals surface area (Å²) >= 11 is 0. The molecule has 0 saturated heterocycles. The lowest BCUT2D eigenvalue weighted by atomic mass is 9.76. The van der Waals surface area contributed by atoms with E-state index in [2.05, 4.69) is 18.6 Å². The first kappa shape index (κ1) is 16.3. The van der Waals surface area contributed by atoms with Crippen molar-refractivity contribution in [1.29, 1.82) is 0 Å². The minimum atomic E-state index is -3.50. The fourth-order valence-corrected chi connectivity index (χ4v) is 4.59. The maximum atomic E-state index is 12.6. The summed E-state index contributed by atoms with van der Waals surface area (Å²) in [6.07, 6.45) is 3.89. The van der Waals surface area contributed by atoms with Crippen molar-refractivity contribution in [2.75, 3.05) is 5.73 Å². The first-order valence-electron chi connectivity index (χ1n) is 7.50. The number of hydrogen-bond donors (Lipinski definition) is 2. The van der Waals surface area contributed by atoms with Crippen LogP contribution in [0.4, 0.5) is 5.69 Å². The summed E-state index contributed by atoms with van der Waals surface area (Å²) in [5, 5.41) is 0. The van der Waals surface area contributed by atoms with Crippen LogP contribution >= 0.6 is 0 Å². The van der Waals surface area contributed by atoms with Gasteiger partial charge < -0.3 is 5.73 Å². The molecule has 0 radical (unpaired) electrons. The third-order valence-corrected chi connectivity index (χ3v) is 6.24. The molecule has 0 aliphatic heterocycles. The van der Waals surface area contributed by atoms with Crippen LogP contribution in [0.2, 0.25) is 0 Å².